The summed E-state index contributed by atoms with van der Waals surface area (Å²) in [4.78, 5) is 8.48. The molecule has 3 nitrogen and oxygen atoms in total. The lowest BCUT2D eigenvalue weighted by atomic mass is 10.1. The van der Waals surface area contributed by atoms with Gasteiger partial charge in [0.2, 0.25) is 0 Å². The molecule has 0 heterocycles. The quantitative estimate of drug-likeness (QED) is 0.314. The summed E-state index contributed by atoms with van der Waals surface area (Å²) in [7, 11) is 0. The Morgan fingerprint density at radius 2 is 1.52 bits per heavy atom. The molecule has 0 spiro atoms. The van der Waals surface area contributed by atoms with Crippen molar-refractivity contribution in [1.82, 2.24) is 0 Å². The standard InChI is InChI=1S/C19H32N3.BrH/c1-4-7-14-20-18-21-15-11-16-22(5-2,6-3)17-19-12-9-8-10-13-19;/h8-10,12-13H,4-7,11,14-17H2,1-3H3;1H/q+1;/p-1. The maximum atomic E-state index is 4.30. The van der Waals surface area contributed by atoms with Gasteiger partial charge in [0, 0.05) is 18.5 Å². The van der Waals surface area contributed by atoms with Crippen LogP contribution in [0.15, 0.2) is 40.3 Å². The zero-order chi connectivity index (χ0) is 16.1. The average Bonchev–Trinajstić information content (AvgIpc) is 2.57. The molecule has 0 aromatic heterocycles. The number of rotatable bonds is 11. The second-order valence-electron chi connectivity index (χ2n) is 5.91. The zero-order valence-electron chi connectivity index (χ0n) is 15.0. The maximum Gasteiger partial charge on any atom is 0.104 e. The molecular weight excluding hydrogens is 350 g/mol. The van der Waals surface area contributed by atoms with E-state index in [1.807, 2.05) is 0 Å². The third kappa shape index (κ3) is 9.04. The average molecular weight is 382 g/mol. The summed E-state index contributed by atoms with van der Waals surface area (Å²) in [6, 6.07) is 13.6. The number of quaternary nitrogens is 1. The van der Waals surface area contributed by atoms with Crippen molar-refractivity contribution >= 4 is 6.01 Å². The van der Waals surface area contributed by atoms with Crippen molar-refractivity contribution < 1.29 is 21.5 Å². The second-order valence-corrected chi connectivity index (χ2v) is 5.91. The van der Waals surface area contributed by atoms with Crippen LogP contribution in [0.5, 0.6) is 0 Å². The minimum absolute atomic E-state index is 0. The van der Waals surface area contributed by atoms with Gasteiger partial charge in [0.15, 0.2) is 0 Å². The highest BCUT2D eigenvalue weighted by atomic mass is 79.9. The SMILES string of the molecule is CCCCN=C=NCCC[N+](CC)(CC)Cc1ccccc1.[Br-]. The number of unbranched alkanes of at least 4 members (excludes halogenated alkanes) is 1. The van der Waals surface area contributed by atoms with Crippen LogP contribution in [0, 0.1) is 0 Å². The Kier molecular flexibility index (Phi) is 12.9. The summed E-state index contributed by atoms with van der Waals surface area (Å²) in [6.45, 7) is 13.1. The van der Waals surface area contributed by atoms with Crippen LogP contribution >= 0.6 is 0 Å². The fraction of sp³-hybridized carbons (Fsp3) is 0.632. The first-order chi connectivity index (χ1) is 10.8. The van der Waals surface area contributed by atoms with Gasteiger partial charge < -0.3 is 21.5 Å². The highest BCUT2D eigenvalue weighted by molar-refractivity contribution is 5.40. The topological polar surface area (TPSA) is 24.7 Å². The van der Waals surface area contributed by atoms with E-state index in [0.717, 1.165) is 37.0 Å². The minimum atomic E-state index is 0. The zero-order valence-corrected chi connectivity index (χ0v) is 16.6. The molecule has 4 heteroatoms. The van der Waals surface area contributed by atoms with Crippen molar-refractivity contribution in [2.24, 2.45) is 9.98 Å². The molecule has 0 atom stereocenters. The molecule has 0 aliphatic heterocycles. The van der Waals surface area contributed by atoms with Crippen molar-refractivity contribution in [3.63, 3.8) is 0 Å². The highest BCUT2D eigenvalue weighted by Crippen LogP contribution is 2.15. The minimum Gasteiger partial charge on any atom is -1.00 e. The normalized spacial score (nSPS) is 10.6. The molecule has 1 aromatic carbocycles. The van der Waals surface area contributed by atoms with Crippen LogP contribution in [-0.4, -0.2) is 43.2 Å². The van der Waals surface area contributed by atoms with E-state index in [-0.39, 0.29) is 17.0 Å². The Bertz CT molecular complexity index is 449. The molecule has 0 radical (unpaired) electrons. The number of hydrogen-bond donors (Lipinski definition) is 0. The van der Waals surface area contributed by atoms with E-state index in [9.17, 15) is 0 Å². The Labute approximate surface area is 152 Å². The van der Waals surface area contributed by atoms with Gasteiger partial charge in [-0.25, -0.2) is 9.98 Å². The molecule has 130 valence electrons. The van der Waals surface area contributed by atoms with E-state index >= 15 is 0 Å². The molecule has 0 unspecified atom stereocenters. The van der Waals surface area contributed by atoms with Gasteiger partial charge in [0.1, 0.15) is 6.54 Å². The predicted molar refractivity (Wildman–Crippen MR) is 95.5 cm³/mol. The lowest BCUT2D eigenvalue weighted by Gasteiger charge is -2.37. The van der Waals surface area contributed by atoms with Crippen molar-refractivity contribution in [3.05, 3.63) is 35.9 Å². The molecule has 1 rings (SSSR count). The van der Waals surface area contributed by atoms with Crippen LogP contribution in [0.2, 0.25) is 0 Å². The third-order valence-corrected chi connectivity index (χ3v) is 4.37. The van der Waals surface area contributed by atoms with Gasteiger partial charge in [0.25, 0.3) is 0 Å². The summed E-state index contributed by atoms with van der Waals surface area (Å²) in [6.07, 6.45) is 3.41. The molecule has 0 aliphatic rings. The smallest absolute Gasteiger partial charge is 0.104 e. The number of nitrogens with zero attached hydrogens (tertiary/aromatic N) is 3. The van der Waals surface area contributed by atoms with E-state index in [0.29, 0.717) is 0 Å². The summed E-state index contributed by atoms with van der Waals surface area (Å²) >= 11 is 0. The van der Waals surface area contributed by atoms with Gasteiger partial charge in [0.05, 0.1) is 32.2 Å². The van der Waals surface area contributed by atoms with E-state index in [2.05, 4.69) is 67.1 Å². The van der Waals surface area contributed by atoms with Crippen molar-refractivity contribution in [1.29, 1.82) is 0 Å². The van der Waals surface area contributed by atoms with Crippen LogP contribution in [0.4, 0.5) is 0 Å². The van der Waals surface area contributed by atoms with Gasteiger partial charge in [-0.15, -0.1) is 0 Å². The fourth-order valence-electron chi connectivity index (χ4n) is 2.69. The first-order valence-electron chi connectivity index (χ1n) is 8.73. The Hall–Kier alpha value is -0.960. The molecule has 0 amide bonds. The Morgan fingerprint density at radius 1 is 0.913 bits per heavy atom. The number of benzene rings is 1. The Balaban J connectivity index is 0.00000484. The lowest BCUT2D eigenvalue weighted by Crippen LogP contribution is -3.00. The molecule has 0 aliphatic carbocycles. The fourth-order valence-corrected chi connectivity index (χ4v) is 2.69. The molecule has 0 N–H and O–H groups in total. The van der Waals surface area contributed by atoms with Crippen LogP contribution in [0.1, 0.15) is 45.6 Å². The van der Waals surface area contributed by atoms with E-state index in [4.69, 9.17) is 0 Å². The largest absolute Gasteiger partial charge is 1.00 e. The number of hydrogen-bond acceptors (Lipinski definition) is 2. The number of aliphatic imine (C=N–C) groups is 2. The molecule has 0 bridgehead atoms. The first kappa shape index (κ1) is 22.0. The summed E-state index contributed by atoms with van der Waals surface area (Å²) < 4.78 is 1.13. The summed E-state index contributed by atoms with van der Waals surface area (Å²) in [5, 5.41) is 0. The van der Waals surface area contributed by atoms with Gasteiger partial charge in [-0.1, -0.05) is 43.7 Å². The molecule has 0 fully saturated rings. The number of halogens is 1. The molecule has 23 heavy (non-hydrogen) atoms. The molecule has 1 aromatic rings. The van der Waals surface area contributed by atoms with Crippen molar-refractivity contribution in [2.45, 2.75) is 46.6 Å². The first-order valence-corrected chi connectivity index (χ1v) is 8.73. The monoisotopic (exact) mass is 381 g/mol. The highest BCUT2D eigenvalue weighted by Gasteiger charge is 2.22. The van der Waals surface area contributed by atoms with E-state index in [1.54, 1.807) is 0 Å². The van der Waals surface area contributed by atoms with Crippen LogP contribution < -0.4 is 17.0 Å². The van der Waals surface area contributed by atoms with Gasteiger partial charge in [-0.2, -0.15) is 0 Å². The van der Waals surface area contributed by atoms with Gasteiger partial charge in [-0.3, -0.25) is 0 Å². The Morgan fingerprint density at radius 3 is 2.09 bits per heavy atom. The predicted octanol–water partition coefficient (Wildman–Crippen LogP) is 1.41. The van der Waals surface area contributed by atoms with Crippen molar-refractivity contribution in [3.8, 4) is 0 Å². The lowest BCUT2D eigenvalue weighted by molar-refractivity contribution is -0.937. The van der Waals surface area contributed by atoms with E-state index < -0.39 is 0 Å². The van der Waals surface area contributed by atoms with Crippen LogP contribution in [0.3, 0.4) is 0 Å². The molecular formula is C19H32BrN3. The van der Waals surface area contributed by atoms with E-state index in [1.165, 1.54) is 31.6 Å². The molecule has 0 saturated heterocycles. The van der Waals surface area contributed by atoms with Gasteiger partial charge in [-0.05, 0) is 20.3 Å². The molecule has 0 saturated carbocycles. The van der Waals surface area contributed by atoms with Crippen molar-refractivity contribution in [2.75, 3.05) is 32.7 Å². The third-order valence-electron chi connectivity index (χ3n) is 4.37. The van der Waals surface area contributed by atoms with Gasteiger partial charge >= 0.3 is 0 Å². The maximum absolute atomic E-state index is 4.30. The van der Waals surface area contributed by atoms with Crippen LogP contribution in [-0.2, 0) is 6.54 Å². The summed E-state index contributed by atoms with van der Waals surface area (Å²) in [5.74, 6) is 0. The second kappa shape index (κ2) is 13.5. The summed E-state index contributed by atoms with van der Waals surface area (Å²) in [5.41, 5.74) is 1.43. The van der Waals surface area contributed by atoms with Crippen LogP contribution in [0.25, 0.3) is 0 Å².